The SMILES string of the molecule is CS(=O)(=O)N1CC[C@H](Oc2cc(C(F)(F)F)ccn2)C1. The Hall–Kier alpha value is -1.35. The van der Waals surface area contributed by atoms with Crippen molar-refractivity contribution in [1.82, 2.24) is 9.29 Å². The van der Waals surface area contributed by atoms with E-state index in [0.717, 1.165) is 24.6 Å². The maximum Gasteiger partial charge on any atom is 0.416 e. The molecule has 1 aromatic heterocycles. The largest absolute Gasteiger partial charge is 0.473 e. The minimum Gasteiger partial charge on any atom is -0.473 e. The average molecular weight is 310 g/mol. The second kappa shape index (κ2) is 5.21. The van der Waals surface area contributed by atoms with Crippen LogP contribution in [0.5, 0.6) is 5.88 Å². The van der Waals surface area contributed by atoms with E-state index >= 15 is 0 Å². The van der Waals surface area contributed by atoms with E-state index < -0.39 is 27.9 Å². The first-order valence-corrected chi connectivity index (χ1v) is 7.66. The Morgan fingerprint density at radius 3 is 2.70 bits per heavy atom. The van der Waals surface area contributed by atoms with Crippen molar-refractivity contribution in [2.75, 3.05) is 19.3 Å². The molecule has 1 aromatic rings. The van der Waals surface area contributed by atoms with Crippen LogP contribution in [-0.4, -0.2) is 43.2 Å². The van der Waals surface area contributed by atoms with E-state index in [9.17, 15) is 21.6 Å². The third-order valence-electron chi connectivity index (χ3n) is 2.93. The van der Waals surface area contributed by atoms with E-state index in [0.29, 0.717) is 13.0 Å². The van der Waals surface area contributed by atoms with Crippen molar-refractivity contribution in [3.8, 4) is 5.88 Å². The van der Waals surface area contributed by atoms with Gasteiger partial charge in [0.2, 0.25) is 15.9 Å². The highest BCUT2D eigenvalue weighted by molar-refractivity contribution is 7.88. The molecule has 0 aliphatic carbocycles. The van der Waals surface area contributed by atoms with Crippen molar-refractivity contribution < 1.29 is 26.3 Å². The summed E-state index contributed by atoms with van der Waals surface area (Å²) in [5.74, 6) is -0.153. The molecule has 20 heavy (non-hydrogen) atoms. The molecule has 2 heterocycles. The van der Waals surface area contributed by atoms with Gasteiger partial charge in [-0.25, -0.2) is 13.4 Å². The van der Waals surface area contributed by atoms with E-state index in [1.807, 2.05) is 0 Å². The lowest BCUT2D eigenvalue weighted by atomic mass is 10.2. The molecule has 0 aromatic carbocycles. The average Bonchev–Trinajstić information content (AvgIpc) is 2.76. The Kier molecular flexibility index (Phi) is 3.92. The molecule has 1 saturated heterocycles. The van der Waals surface area contributed by atoms with Gasteiger partial charge in [0.15, 0.2) is 0 Å². The van der Waals surface area contributed by atoms with Crippen LogP contribution < -0.4 is 4.74 Å². The van der Waals surface area contributed by atoms with Gasteiger partial charge in [-0.2, -0.15) is 17.5 Å². The topological polar surface area (TPSA) is 59.5 Å². The molecule has 1 atom stereocenters. The van der Waals surface area contributed by atoms with Crippen LogP contribution >= 0.6 is 0 Å². The standard InChI is InChI=1S/C11H13F3N2O3S/c1-20(17,18)16-5-3-9(7-16)19-10-6-8(2-4-15-10)11(12,13)14/h2,4,6,9H,3,5,7H2,1H3/t9-/m0/s1. The van der Waals surface area contributed by atoms with Gasteiger partial charge in [-0.15, -0.1) is 0 Å². The van der Waals surface area contributed by atoms with Crippen molar-refractivity contribution in [1.29, 1.82) is 0 Å². The van der Waals surface area contributed by atoms with Gasteiger partial charge in [-0.05, 0) is 12.5 Å². The molecular weight excluding hydrogens is 297 g/mol. The number of ether oxygens (including phenoxy) is 1. The van der Waals surface area contributed by atoms with Gasteiger partial charge < -0.3 is 4.74 Å². The van der Waals surface area contributed by atoms with Crippen LogP contribution in [0.15, 0.2) is 18.3 Å². The Morgan fingerprint density at radius 1 is 1.45 bits per heavy atom. The van der Waals surface area contributed by atoms with Gasteiger partial charge in [-0.1, -0.05) is 0 Å². The van der Waals surface area contributed by atoms with Crippen molar-refractivity contribution in [3.63, 3.8) is 0 Å². The molecule has 0 saturated carbocycles. The van der Waals surface area contributed by atoms with Crippen LogP contribution in [0.2, 0.25) is 0 Å². The summed E-state index contributed by atoms with van der Waals surface area (Å²) >= 11 is 0. The third kappa shape index (κ3) is 3.60. The summed E-state index contributed by atoms with van der Waals surface area (Å²) < 4.78 is 66.8. The minimum absolute atomic E-state index is 0.122. The lowest BCUT2D eigenvalue weighted by molar-refractivity contribution is -0.137. The van der Waals surface area contributed by atoms with E-state index in [1.165, 1.54) is 4.31 Å². The maximum atomic E-state index is 12.5. The molecule has 1 aliphatic rings. The predicted molar refractivity (Wildman–Crippen MR) is 64.7 cm³/mol. The zero-order valence-corrected chi connectivity index (χ0v) is 11.4. The molecule has 2 rings (SSSR count). The first-order valence-electron chi connectivity index (χ1n) is 5.81. The number of aromatic nitrogens is 1. The first-order chi connectivity index (χ1) is 9.16. The molecule has 0 N–H and O–H groups in total. The summed E-state index contributed by atoms with van der Waals surface area (Å²) in [7, 11) is -3.31. The Bertz CT molecular complexity index is 589. The highest BCUT2D eigenvalue weighted by Gasteiger charge is 2.33. The van der Waals surface area contributed by atoms with E-state index in [2.05, 4.69) is 4.98 Å². The maximum absolute atomic E-state index is 12.5. The molecule has 0 unspecified atom stereocenters. The van der Waals surface area contributed by atoms with Gasteiger partial charge in [0, 0.05) is 18.8 Å². The second-order valence-electron chi connectivity index (χ2n) is 4.53. The third-order valence-corrected chi connectivity index (χ3v) is 4.20. The fourth-order valence-corrected chi connectivity index (χ4v) is 2.79. The summed E-state index contributed by atoms with van der Waals surface area (Å²) in [6.07, 6.45) is -2.43. The quantitative estimate of drug-likeness (QED) is 0.849. The molecule has 0 amide bonds. The van der Waals surface area contributed by atoms with Gasteiger partial charge in [0.05, 0.1) is 18.4 Å². The number of nitrogens with zero attached hydrogens (tertiary/aromatic N) is 2. The lowest BCUT2D eigenvalue weighted by Crippen LogP contribution is -2.30. The summed E-state index contributed by atoms with van der Waals surface area (Å²) in [6, 6.07) is 1.66. The monoisotopic (exact) mass is 310 g/mol. The fraction of sp³-hybridized carbons (Fsp3) is 0.545. The normalized spacial score (nSPS) is 21.1. The highest BCUT2D eigenvalue weighted by atomic mass is 32.2. The van der Waals surface area contributed by atoms with E-state index in [-0.39, 0.29) is 12.4 Å². The van der Waals surface area contributed by atoms with Crippen LogP contribution in [0, 0.1) is 0 Å². The number of sulfonamides is 1. The van der Waals surface area contributed by atoms with Crippen LogP contribution in [0.1, 0.15) is 12.0 Å². The Morgan fingerprint density at radius 2 is 2.15 bits per heavy atom. The summed E-state index contributed by atoms with van der Waals surface area (Å²) in [5.41, 5.74) is -0.847. The first kappa shape index (κ1) is 15.0. The van der Waals surface area contributed by atoms with Gasteiger partial charge >= 0.3 is 6.18 Å². The minimum atomic E-state index is -4.46. The molecular formula is C11H13F3N2O3S. The summed E-state index contributed by atoms with van der Waals surface area (Å²) in [4.78, 5) is 3.71. The number of rotatable bonds is 3. The number of hydrogen-bond donors (Lipinski definition) is 0. The van der Waals surface area contributed by atoms with Gasteiger partial charge in [0.1, 0.15) is 6.10 Å². The molecule has 0 bridgehead atoms. The van der Waals surface area contributed by atoms with Crippen LogP contribution in [0.4, 0.5) is 13.2 Å². The molecule has 1 aliphatic heterocycles. The summed E-state index contributed by atoms with van der Waals surface area (Å²) in [5, 5.41) is 0. The van der Waals surface area contributed by atoms with Crippen molar-refractivity contribution in [2.45, 2.75) is 18.7 Å². The fourth-order valence-electron chi connectivity index (χ4n) is 1.92. The second-order valence-corrected chi connectivity index (χ2v) is 6.51. The molecule has 0 radical (unpaired) electrons. The predicted octanol–water partition coefficient (Wildman–Crippen LogP) is 1.51. The van der Waals surface area contributed by atoms with Crippen molar-refractivity contribution in [2.24, 2.45) is 0 Å². The molecule has 0 spiro atoms. The van der Waals surface area contributed by atoms with E-state index in [4.69, 9.17) is 4.74 Å². The molecule has 112 valence electrons. The van der Waals surface area contributed by atoms with Crippen LogP contribution in [0.25, 0.3) is 0 Å². The van der Waals surface area contributed by atoms with Gasteiger partial charge in [0.25, 0.3) is 0 Å². The zero-order valence-electron chi connectivity index (χ0n) is 10.6. The Labute approximate surface area is 114 Å². The molecule has 1 fully saturated rings. The molecule has 9 heteroatoms. The van der Waals surface area contributed by atoms with E-state index in [1.54, 1.807) is 0 Å². The van der Waals surface area contributed by atoms with Gasteiger partial charge in [-0.3, -0.25) is 0 Å². The number of halogens is 3. The van der Waals surface area contributed by atoms with Crippen molar-refractivity contribution >= 4 is 10.0 Å². The van der Waals surface area contributed by atoms with Crippen molar-refractivity contribution in [3.05, 3.63) is 23.9 Å². The number of hydrogen-bond acceptors (Lipinski definition) is 4. The molecule has 5 nitrogen and oxygen atoms in total. The smallest absolute Gasteiger partial charge is 0.416 e. The number of pyridine rings is 1. The Balaban J connectivity index is 2.05. The zero-order chi connectivity index (χ0) is 15.0. The summed E-state index contributed by atoms with van der Waals surface area (Å²) in [6.45, 7) is 0.416. The lowest BCUT2D eigenvalue weighted by Gasteiger charge is -2.15. The highest BCUT2D eigenvalue weighted by Crippen LogP contribution is 2.31. The van der Waals surface area contributed by atoms with Crippen LogP contribution in [0.3, 0.4) is 0 Å². The number of alkyl halides is 3. The van der Waals surface area contributed by atoms with Crippen LogP contribution in [-0.2, 0) is 16.2 Å².